The van der Waals surface area contributed by atoms with Crippen molar-refractivity contribution in [1.82, 2.24) is 0 Å². The van der Waals surface area contributed by atoms with Gasteiger partial charge in [0.15, 0.2) is 5.78 Å². The van der Waals surface area contributed by atoms with E-state index in [4.69, 9.17) is 6.42 Å². The zero-order valence-electron chi connectivity index (χ0n) is 13.7. The van der Waals surface area contributed by atoms with E-state index in [0.29, 0.717) is 30.1 Å². The molecular formula is C21H24O2. The summed E-state index contributed by atoms with van der Waals surface area (Å²) in [5.74, 6) is 4.60. The molecule has 4 rings (SSSR count). The number of carbonyl (C=O) groups excluding carboxylic acids is 1. The summed E-state index contributed by atoms with van der Waals surface area (Å²) in [7, 11) is 0. The Balaban J connectivity index is 1.73. The lowest BCUT2D eigenvalue weighted by Crippen LogP contribution is -2.53. The predicted octanol–water partition coefficient (Wildman–Crippen LogP) is 3.43. The molecule has 4 aliphatic carbocycles. The van der Waals surface area contributed by atoms with Crippen molar-refractivity contribution in [3.8, 4) is 12.3 Å². The molecule has 4 aliphatic rings. The standard InChI is InChI=1S/C21H24O2/c1-4-21(23)10-9-18-17-7-5-14-11-15(22)6-8-16(14)19(17)13(2)12-20(18,21)3/h1,9-11,16-19,23H,2,5-8,12H2,3H3/t16-,17-,18-,19-,20+,21-/m0/s1. The Hall–Kier alpha value is -1.59. The van der Waals surface area contributed by atoms with Crippen molar-refractivity contribution in [2.45, 2.75) is 44.6 Å². The van der Waals surface area contributed by atoms with Crippen molar-refractivity contribution in [2.75, 3.05) is 0 Å². The van der Waals surface area contributed by atoms with Crippen LogP contribution in [0.25, 0.3) is 0 Å². The number of allylic oxidation sites excluding steroid dienone is 4. The van der Waals surface area contributed by atoms with Gasteiger partial charge in [-0.2, -0.15) is 0 Å². The lowest BCUT2D eigenvalue weighted by molar-refractivity contribution is -0.115. The quantitative estimate of drug-likeness (QED) is 0.550. The summed E-state index contributed by atoms with van der Waals surface area (Å²) >= 11 is 0. The number of fused-ring (bicyclic) bond motifs is 5. The van der Waals surface area contributed by atoms with Crippen LogP contribution in [0.2, 0.25) is 0 Å². The van der Waals surface area contributed by atoms with Crippen LogP contribution >= 0.6 is 0 Å². The molecule has 0 saturated heterocycles. The number of ketones is 1. The average Bonchev–Trinajstić information content (AvgIpc) is 2.78. The third kappa shape index (κ3) is 1.83. The van der Waals surface area contributed by atoms with Crippen LogP contribution in [0.3, 0.4) is 0 Å². The number of carbonyl (C=O) groups is 1. The molecular weight excluding hydrogens is 284 g/mol. The summed E-state index contributed by atoms with van der Waals surface area (Å²) in [5.41, 5.74) is 1.05. The number of hydrogen-bond donors (Lipinski definition) is 1. The first kappa shape index (κ1) is 15.0. The molecule has 1 N–H and O–H groups in total. The molecule has 0 amide bonds. The van der Waals surface area contributed by atoms with Gasteiger partial charge in [-0.15, -0.1) is 6.42 Å². The van der Waals surface area contributed by atoms with Crippen molar-refractivity contribution in [3.05, 3.63) is 36.0 Å². The maximum atomic E-state index is 11.8. The molecule has 0 radical (unpaired) electrons. The molecule has 2 nitrogen and oxygen atoms in total. The summed E-state index contributed by atoms with van der Waals surface area (Å²) in [5, 5.41) is 10.9. The first-order chi connectivity index (χ1) is 10.9. The van der Waals surface area contributed by atoms with Crippen molar-refractivity contribution in [2.24, 2.45) is 29.1 Å². The van der Waals surface area contributed by atoms with Gasteiger partial charge in [-0.1, -0.05) is 36.6 Å². The zero-order valence-corrected chi connectivity index (χ0v) is 13.7. The largest absolute Gasteiger partial charge is 0.373 e. The molecule has 0 aromatic heterocycles. The fourth-order valence-corrected chi connectivity index (χ4v) is 5.91. The van der Waals surface area contributed by atoms with E-state index in [1.54, 1.807) is 0 Å². The van der Waals surface area contributed by atoms with Crippen molar-refractivity contribution in [3.63, 3.8) is 0 Å². The highest BCUT2D eigenvalue weighted by molar-refractivity contribution is 5.91. The molecule has 23 heavy (non-hydrogen) atoms. The fraction of sp³-hybridized carbons (Fsp3) is 0.571. The second kappa shape index (κ2) is 4.71. The van der Waals surface area contributed by atoms with Crippen LogP contribution in [0.5, 0.6) is 0 Å². The van der Waals surface area contributed by atoms with Crippen molar-refractivity contribution in [1.29, 1.82) is 0 Å². The number of aliphatic hydroxyl groups is 1. The smallest absolute Gasteiger partial charge is 0.155 e. The van der Waals surface area contributed by atoms with E-state index in [2.05, 4.69) is 25.5 Å². The van der Waals surface area contributed by atoms with E-state index in [9.17, 15) is 9.90 Å². The molecule has 2 saturated carbocycles. The third-order valence-electron chi connectivity index (χ3n) is 7.08. The molecule has 0 aromatic carbocycles. The Morgan fingerprint density at radius 1 is 1.39 bits per heavy atom. The van der Waals surface area contributed by atoms with Gasteiger partial charge in [-0.25, -0.2) is 0 Å². The van der Waals surface area contributed by atoms with E-state index >= 15 is 0 Å². The normalized spacial score (nSPS) is 48.1. The highest BCUT2D eigenvalue weighted by Gasteiger charge is 2.60. The van der Waals surface area contributed by atoms with Gasteiger partial charge in [0.25, 0.3) is 0 Å². The molecule has 0 unspecified atom stereocenters. The second-order valence-electron chi connectivity index (χ2n) is 8.11. The molecule has 2 heteroatoms. The minimum absolute atomic E-state index is 0.281. The van der Waals surface area contributed by atoms with Gasteiger partial charge in [0.05, 0.1) is 0 Å². The monoisotopic (exact) mass is 308 g/mol. The van der Waals surface area contributed by atoms with Gasteiger partial charge >= 0.3 is 0 Å². The maximum Gasteiger partial charge on any atom is 0.155 e. The molecule has 2 fully saturated rings. The molecule has 0 heterocycles. The van der Waals surface area contributed by atoms with E-state index in [-0.39, 0.29) is 11.2 Å². The van der Waals surface area contributed by atoms with Crippen LogP contribution in [0.15, 0.2) is 36.0 Å². The number of hydrogen-bond acceptors (Lipinski definition) is 2. The van der Waals surface area contributed by atoms with Gasteiger partial charge < -0.3 is 5.11 Å². The van der Waals surface area contributed by atoms with Gasteiger partial charge in [-0.05, 0) is 61.5 Å². The van der Waals surface area contributed by atoms with Crippen LogP contribution in [0.1, 0.15) is 39.0 Å². The Bertz CT molecular complexity index is 691. The molecule has 0 bridgehead atoms. The van der Waals surface area contributed by atoms with E-state index in [1.165, 1.54) is 11.1 Å². The third-order valence-corrected chi connectivity index (χ3v) is 7.08. The zero-order chi connectivity index (χ0) is 16.4. The van der Waals surface area contributed by atoms with Crippen molar-refractivity contribution >= 4 is 5.78 Å². The highest BCUT2D eigenvalue weighted by Crippen LogP contribution is 2.63. The number of rotatable bonds is 0. The number of terminal acetylenes is 1. The van der Waals surface area contributed by atoms with Gasteiger partial charge in [0.2, 0.25) is 0 Å². The van der Waals surface area contributed by atoms with Crippen molar-refractivity contribution < 1.29 is 9.90 Å². The molecule has 0 aliphatic heterocycles. The summed E-state index contributed by atoms with van der Waals surface area (Å²) < 4.78 is 0. The fourth-order valence-electron chi connectivity index (χ4n) is 5.91. The van der Waals surface area contributed by atoms with Gasteiger partial charge in [0, 0.05) is 11.8 Å². The van der Waals surface area contributed by atoms with Crippen LogP contribution in [0, 0.1) is 41.4 Å². The van der Waals surface area contributed by atoms with E-state index in [0.717, 1.165) is 25.7 Å². The van der Waals surface area contributed by atoms with Crippen LogP contribution in [0.4, 0.5) is 0 Å². The summed E-state index contributed by atoms with van der Waals surface area (Å²) in [4.78, 5) is 11.8. The van der Waals surface area contributed by atoms with Gasteiger partial charge in [-0.3, -0.25) is 4.79 Å². The first-order valence-corrected chi connectivity index (χ1v) is 8.70. The maximum absolute atomic E-state index is 11.8. The average molecular weight is 308 g/mol. The Morgan fingerprint density at radius 2 is 2.17 bits per heavy atom. The Labute approximate surface area is 138 Å². The molecule has 120 valence electrons. The Morgan fingerprint density at radius 3 is 2.91 bits per heavy atom. The minimum atomic E-state index is -1.16. The van der Waals surface area contributed by atoms with E-state index in [1.807, 2.05) is 12.2 Å². The summed E-state index contributed by atoms with van der Waals surface area (Å²) in [6.45, 7) is 6.51. The Kier molecular flexibility index (Phi) is 3.06. The van der Waals surface area contributed by atoms with Gasteiger partial charge in [0.1, 0.15) is 5.60 Å². The molecule has 0 spiro atoms. The minimum Gasteiger partial charge on any atom is -0.373 e. The molecule has 0 aromatic rings. The first-order valence-electron chi connectivity index (χ1n) is 8.70. The van der Waals surface area contributed by atoms with E-state index < -0.39 is 5.60 Å². The summed E-state index contributed by atoms with van der Waals surface area (Å²) in [6, 6.07) is 0. The van der Waals surface area contributed by atoms with Crippen LogP contribution in [-0.2, 0) is 4.79 Å². The van der Waals surface area contributed by atoms with Crippen LogP contribution < -0.4 is 0 Å². The topological polar surface area (TPSA) is 37.3 Å². The SMILES string of the molecule is C#C[C@]1(O)C=C[C@H]2[C@@H]3CCC4=CC(=O)CC[C@@H]4[C@@H]3C(=C)C[C@]21C. The van der Waals surface area contributed by atoms with Crippen LogP contribution in [-0.4, -0.2) is 16.5 Å². The lowest BCUT2D eigenvalue weighted by Gasteiger charge is -2.55. The molecule has 6 atom stereocenters. The lowest BCUT2D eigenvalue weighted by atomic mass is 9.49. The summed E-state index contributed by atoms with van der Waals surface area (Å²) in [6.07, 6.45) is 16.0. The highest BCUT2D eigenvalue weighted by atomic mass is 16.3. The second-order valence-corrected chi connectivity index (χ2v) is 8.11. The predicted molar refractivity (Wildman–Crippen MR) is 90.3 cm³/mol.